The van der Waals surface area contributed by atoms with Gasteiger partial charge in [-0.05, 0) is 49.2 Å². The van der Waals surface area contributed by atoms with Gasteiger partial charge in [0, 0.05) is 29.2 Å². The molecular weight excluding hydrogens is 440 g/mol. The molecule has 2 aromatic carbocycles. The molecule has 0 spiro atoms. The molecule has 0 saturated heterocycles. The number of aliphatic imine (C=N–C) groups is 1. The van der Waals surface area contributed by atoms with Crippen LogP contribution in [-0.2, 0) is 14.8 Å². The lowest BCUT2D eigenvalue weighted by molar-refractivity contribution is -0.115. The minimum absolute atomic E-state index is 0.0141. The first-order valence-corrected chi connectivity index (χ1v) is 11.7. The fourth-order valence-electron chi connectivity index (χ4n) is 3.01. The van der Waals surface area contributed by atoms with Gasteiger partial charge in [0.2, 0.25) is 5.91 Å². The summed E-state index contributed by atoms with van der Waals surface area (Å²) in [7, 11) is -3.81. The number of amides is 2. The van der Waals surface area contributed by atoms with Gasteiger partial charge in [-0.3, -0.25) is 19.3 Å². The van der Waals surface area contributed by atoms with Crippen molar-refractivity contribution in [2.24, 2.45) is 4.99 Å². The Morgan fingerprint density at radius 3 is 2.65 bits per heavy atom. The van der Waals surface area contributed by atoms with Crippen LogP contribution in [0.25, 0.3) is 0 Å². The molecule has 31 heavy (non-hydrogen) atoms. The van der Waals surface area contributed by atoms with Crippen molar-refractivity contribution in [3.63, 3.8) is 0 Å². The van der Waals surface area contributed by atoms with Crippen LogP contribution in [0.2, 0.25) is 5.02 Å². The van der Waals surface area contributed by atoms with Crippen molar-refractivity contribution in [1.82, 2.24) is 10.0 Å². The Bertz CT molecular complexity index is 1100. The second-order valence-electron chi connectivity index (χ2n) is 7.01. The van der Waals surface area contributed by atoms with Crippen LogP contribution in [0.5, 0.6) is 0 Å². The first kappa shape index (κ1) is 22.8. The van der Waals surface area contributed by atoms with Crippen molar-refractivity contribution < 1.29 is 18.0 Å². The van der Waals surface area contributed by atoms with Gasteiger partial charge in [0.15, 0.2) is 0 Å². The third kappa shape index (κ3) is 6.80. The lowest BCUT2D eigenvalue weighted by Gasteiger charge is -2.11. The van der Waals surface area contributed by atoms with Crippen molar-refractivity contribution in [2.45, 2.75) is 30.6 Å². The van der Waals surface area contributed by atoms with E-state index in [9.17, 15) is 18.0 Å². The van der Waals surface area contributed by atoms with E-state index < -0.39 is 21.8 Å². The normalized spacial score (nSPS) is 14.2. The predicted molar refractivity (Wildman–Crippen MR) is 120 cm³/mol. The van der Waals surface area contributed by atoms with E-state index in [1.807, 2.05) is 0 Å². The van der Waals surface area contributed by atoms with E-state index in [0.29, 0.717) is 35.1 Å². The molecule has 0 atom stereocenters. The molecule has 0 bridgehead atoms. The topological polar surface area (TPSA) is 117 Å². The number of amidine groups is 1. The van der Waals surface area contributed by atoms with E-state index in [1.54, 1.807) is 24.3 Å². The number of halogens is 1. The van der Waals surface area contributed by atoms with Gasteiger partial charge in [-0.25, -0.2) is 8.42 Å². The number of nitrogens with one attached hydrogen (secondary N) is 3. The number of carbonyl (C=O) groups is 2. The summed E-state index contributed by atoms with van der Waals surface area (Å²) >= 11 is 5.86. The van der Waals surface area contributed by atoms with E-state index in [4.69, 9.17) is 11.6 Å². The molecule has 0 saturated carbocycles. The molecule has 0 unspecified atom stereocenters. The zero-order valence-electron chi connectivity index (χ0n) is 16.7. The Kier molecular flexibility index (Phi) is 7.64. The number of anilines is 1. The van der Waals surface area contributed by atoms with Gasteiger partial charge in [0.05, 0.1) is 11.4 Å². The first-order chi connectivity index (χ1) is 14.8. The lowest BCUT2D eigenvalue weighted by atomic mass is 10.2. The molecule has 164 valence electrons. The van der Waals surface area contributed by atoms with Crippen LogP contribution in [-0.4, -0.2) is 39.2 Å². The van der Waals surface area contributed by atoms with E-state index in [1.165, 1.54) is 24.3 Å². The molecule has 1 aliphatic rings. The number of hydrogen-bond donors (Lipinski definition) is 3. The van der Waals surface area contributed by atoms with Gasteiger partial charge in [-0.1, -0.05) is 30.2 Å². The number of benzene rings is 2. The number of nitrogens with zero attached hydrogens (tertiary/aromatic N) is 1. The largest absolute Gasteiger partial charge is 0.343 e. The van der Waals surface area contributed by atoms with Gasteiger partial charge < -0.3 is 10.6 Å². The van der Waals surface area contributed by atoms with Crippen LogP contribution in [0.4, 0.5) is 5.69 Å². The van der Waals surface area contributed by atoms with Gasteiger partial charge in [0.25, 0.3) is 15.9 Å². The zero-order valence-corrected chi connectivity index (χ0v) is 18.3. The molecule has 3 rings (SSSR count). The molecule has 1 heterocycles. The third-order valence-corrected chi connectivity index (χ3v) is 6.16. The minimum atomic E-state index is -3.81. The van der Waals surface area contributed by atoms with Gasteiger partial charge in [-0.2, -0.15) is 0 Å². The predicted octanol–water partition coefficient (Wildman–Crippen LogP) is 2.96. The Balaban J connectivity index is 1.59. The molecule has 2 aromatic rings. The zero-order chi connectivity index (χ0) is 22.3. The Hall–Kier alpha value is -2.91. The van der Waals surface area contributed by atoms with E-state index in [2.05, 4.69) is 20.3 Å². The highest BCUT2D eigenvalue weighted by Gasteiger charge is 2.18. The molecule has 10 heteroatoms. The van der Waals surface area contributed by atoms with Gasteiger partial charge in [0.1, 0.15) is 5.84 Å². The quantitative estimate of drug-likeness (QED) is 0.611. The average molecular weight is 463 g/mol. The van der Waals surface area contributed by atoms with Crippen molar-refractivity contribution in [1.29, 1.82) is 0 Å². The molecule has 0 fully saturated rings. The number of rotatable bonds is 6. The molecule has 0 radical (unpaired) electrons. The highest BCUT2D eigenvalue weighted by molar-refractivity contribution is 7.90. The lowest BCUT2D eigenvalue weighted by Crippen LogP contribution is -2.33. The smallest absolute Gasteiger partial charge is 0.262 e. The van der Waals surface area contributed by atoms with Crippen LogP contribution in [0.3, 0.4) is 0 Å². The van der Waals surface area contributed by atoms with Crippen molar-refractivity contribution in [2.75, 3.05) is 18.4 Å². The summed E-state index contributed by atoms with van der Waals surface area (Å²) in [6.07, 6.45) is 3.44. The Morgan fingerprint density at radius 2 is 1.84 bits per heavy atom. The Morgan fingerprint density at radius 1 is 1.03 bits per heavy atom. The summed E-state index contributed by atoms with van der Waals surface area (Å²) in [5.74, 6) is -0.482. The van der Waals surface area contributed by atoms with Crippen molar-refractivity contribution >= 4 is 45.0 Å². The molecule has 1 aliphatic heterocycles. The molecule has 0 aromatic heterocycles. The van der Waals surface area contributed by atoms with Crippen molar-refractivity contribution in [3.05, 3.63) is 59.1 Å². The highest BCUT2D eigenvalue weighted by atomic mass is 35.5. The number of sulfonamides is 1. The maximum atomic E-state index is 12.7. The van der Waals surface area contributed by atoms with Gasteiger partial charge >= 0.3 is 0 Å². The van der Waals surface area contributed by atoms with Crippen LogP contribution >= 0.6 is 11.6 Å². The van der Waals surface area contributed by atoms with Gasteiger partial charge in [-0.15, -0.1) is 0 Å². The fourth-order valence-corrected chi connectivity index (χ4v) is 4.33. The summed E-state index contributed by atoms with van der Waals surface area (Å²) < 4.78 is 27.9. The number of carbonyl (C=O) groups excluding carboxylic acids is 2. The number of hydrogen-bond acceptors (Lipinski definition) is 5. The molecule has 0 aliphatic carbocycles. The maximum absolute atomic E-state index is 12.7. The van der Waals surface area contributed by atoms with E-state index in [0.717, 1.165) is 19.3 Å². The monoisotopic (exact) mass is 462 g/mol. The summed E-state index contributed by atoms with van der Waals surface area (Å²) in [5, 5.41) is 5.49. The minimum Gasteiger partial charge on any atom is -0.343 e. The van der Waals surface area contributed by atoms with E-state index >= 15 is 0 Å². The third-order valence-electron chi connectivity index (χ3n) is 4.55. The summed E-state index contributed by atoms with van der Waals surface area (Å²) in [6.45, 7) is 0.326. The average Bonchev–Trinajstić information content (AvgIpc) is 3.00. The van der Waals surface area contributed by atoms with E-state index in [-0.39, 0.29) is 11.4 Å². The summed E-state index contributed by atoms with van der Waals surface area (Å²) in [6, 6.07) is 12.3. The summed E-state index contributed by atoms with van der Waals surface area (Å²) in [5.41, 5.74) is 0.633. The fraction of sp³-hybridized carbons (Fsp3) is 0.286. The second-order valence-corrected chi connectivity index (χ2v) is 9.13. The van der Waals surface area contributed by atoms with Crippen LogP contribution < -0.4 is 15.4 Å². The first-order valence-electron chi connectivity index (χ1n) is 9.83. The summed E-state index contributed by atoms with van der Waals surface area (Å²) in [4.78, 5) is 28.6. The standard InChI is InChI=1S/C21H23ClN4O4S/c22-16-7-4-6-15(12-16)21(28)24-14-20(27)25-17-8-5-9-18(13-17)31(29,30)26-19-10-2-1-3-11-23-19/h4-9,12-13H,1-3,10-11,14H2,(H,23,26)(H,24,28)(H,25,27). The molecule has 8 nitrogen and oxygen atoms in total. The SMILES string of the molecule is O=C(CNC(=O)c1cccc(Cl)c1)Nc1cccc(S(=O)(=O)NC2=NCCCCC2)c1. The van der Waals surface area contributed by atoms with Crippen LogP contribution in [0.15, 0.2) is 58.4 Å². The van der Waals surface area contributed by atoms with Crippen molar-refractivity contribution in [3.8, 4) is 0 Å². The van der Waals surface area contributed by atoms with Crippen LogP contribution in [0, 0.1) is 0 Å². The molecule has 2 amide bonds. The second kappa shape index (κ2) is 10.4. The maximum Gasteiger partial charge on any atom is 0.262 e. The molecular formula is C21H23ClN4O4S. The highest BCUT2D eigenvalue weighted by Crippen LogP contribution is 2.17. The van der Waals surface area contributed by atoms with Crippen LogP contribution in [0.1, 0.15) is 36.0 Å². The molecule has 3 N–H and O–H groups in total. The Labute approximate surface area is 186 Å².